The van der Waals surface area contributed by atoms with Crippen LogP contribution in [0.1, 0.15) is 17.9 Å². The Kier molecular flexibility index (Phi) is 3.36. The first-order chi connectivity index (χ1) is 6.93. The number of carbonyl (C=O) groups is 1. The summed E-state index contributed by atoms with van der Waals surface area (Å²) in [7, 11) is 0. The molecule has 80 valence electrons. The Balaban J connectivity index is 3.13. The van der Waals surface area contributed by atoms with Gasteiger partial charge >= 0.3 is 0 Å². The predicted molar refractivity (Wildman–Crippen MR) is 52.3 cm³/mol. The normalized spacial score (nSPS) is 12.2. The monoisotopic (exact) mass is 231 g/mol. The Bertz CT molecular complexity index is 422. The van der Waals surface area contributed by atoms with Gasteiger partial charge in [0.15, 0.2) is 5.78 Å². The summed E-state index contributed by atoms with van der Waals surface area (Å²) < 4.78 is 13.3. The number of halogens is 2. The number of nitro benzene ring substituents is 1. The Hall–Kier alpha value is -1.49. The number of hydrogen-bond donors (Lipinski definition) is 0. The zero-order valence-electron chi connectivity index (χ0n) is 7.74. The molecule has 1 unspecified atom stereocenters. The van der Waals surface area contributed by atoms with Crippen LogP contribution in [0, 0.1) is 15.9 Å². The van der Waals surface area contributed by atoms with Gasteiger partial charge in [-0.15, -0.1) is 11.6 Å². The van der Waals surface area contributed by atoms with Gasteiger partial charge in [0, 0.05) is 11.6 Å². The molecular weight excluding hydrogens is 225 g/mol. The molecule has 1 aromatic carbocycles. The number of ketones is 1. The van der Waals surface area contributed by atoms with Crippen molar-refractivity contribution in [2.45, 2.75) is 12.3 Å². The fraction of sp³-hybridized carbons (Fsp3) is 0.222. The molecule has 0 saturated heterocycles. The zero-order chi connectivity index (χ0) is 11.6. The molecule has 0 spiro atoms. The lowest BCUT2D eigenvalue weighted by molar-refractivity contribution is -0.385. The van der Waals surface area contributed by atoms with E-state index in [1.165, 1.54) is 6.92 Å². The van der Waals surface area contributed by atoms with Crippen molar-refractivity contribution in [3.63, 3.8) is 0 Å². The second kappa shape index (κ2) is 4.35. The maximum Gasteiger partial charge on any atom is 0.272 e. The summed E-state index contributed by atoms with van der Waals surface area (Å²) in [5.41, 5.74) is -0.418. The lowest BCUT2D eigenvalue weighted by Gasteiger charge is -2.06. The van der Waals surface area contributed by atoms with Crippen LogP contribution in [-0.2, 0) is 4.79 Å². The van der Waals surface area contributed by atoms with Crippen LogP contribution in [-0.4, -0.2) is 10.7 Å². The molecule has 0 heterocycles. The van der Waals surface area contributed by atoms with Crippen LogP contribution in [0.5, 0.6) is 0 Å². The summed E-state index contributed by atoms with van der Waals surface area (Å²) in [6.07, 6.45) is 0. The van der Waals surface area contributed by atoms with Crippen LogP contribution in [0.3, 0.4) is 0 Å². The molecule has 1 rings (SSSR count). The zero-order valence-corrected chi connectivity index (χ0v) is 8.49. The second-order valence-corrected chi connectivity index (χ2v) is 3.37. The van der Waals surface area contributed by atoms with Crippen molar-refractivity contribution in [1.29, 1.82) is 0 Å². The highest BCUT2D eigenvalue weighted by Crippen LogP contribution is 2.26. The Morgan fingerprint density at radius 2 is 2.20 bits per heavy atom. The third-order valence-corrected chi connectivity index (χ3v) is 2.37. The lowest BCUT2D eigenvalue weighted by atomic mass is 10.1. The van der Waals surface area contributed by atoms with Crippen LogP contribution < -0.4 is 0 Å². The Morgan fingerprint density at radius 1 is 1.60 bits per heavy atom. The molecule has 4 nitrogen and oxygen atoms in total. The average Bonchev–Trinajstić information content (AvgIpc) is 2.16. The summed E-state index contributed by atoms with van der Waals surface area (Å²) in [5.74, 6) is -1.26. The van der Waals surface area contributed by atoms with Crippen LogP contribution in [0.25, 0.3) is 0 Å². The third-order valence-electron chi connectivity index (χ3n) is 1.82. The van der Waals surface area contributed by atoms with E-state index < -0.39 is 21.9 Å². The van der Waals surface area contributed by atoms with E-state index in [2.05, 4.69) is 0 Å². The van der Waals surface area contributed by atoms with Gasteiger partial charge in [0.2, 0.25) is 0 Å². The van der Waals surface area contributed by atoms with Crippen molar-refractivity contribution in [3.8, 4) is 0 Å². The minimum absolute atomic E-state index is 0.0465. The Labute approximate surface area is 89.8 Å². The molecule has 0 saturated carbocycles. The molecule has 0 fully saturated rings. The fourth-order valence-electron chi connectivity index (χ4n) is 1.05. The summed E-state index contributed by atoms with van der Waals surface area (Å²) in [6, 6.07) is 3.00. The standard InChI is InChI=1S/C9H7ClFNO3/c1-5(13)9(10)7-3-2-6(12(14)15)4-8(7)11/h2-4,9H,1H3. The summed E-state index contributed by atoms with van der Waals surface area (Å²) in [5, 5.41) is 9.20. The van der Waals surface area contributed by atoms with Gasteiger partial charge in [0.25, 0.3) is 5.69 Å². The van der Waals surface area contributed by atoms with E-state index in [1.807, 2.05) is 0 Å². The van der Waals surface area contributed by atoms with Gasteiger partial charge in [-0.3, -0.25) is 14.9 Å². The van der Waals surface area contributed by atoms with Gasteiger partial charge in [-0.05, 0) is 13.0 Å². The van der Waals surface area contributed by atoms with Crippen molar-refractivity contribution in [1.82, 2.24) is 0 Å². The van der Waals surface area contributed by atoms with Crippen LogP contribution in [0.4, 0.5) is 10.1 Å². The number of hydrogen-bond acceptors (Lipinski definition) is 3. The molecule has 0 bridgehead atoms. The summed E-state index contributed by atoms with van der Waals surface area (Å²) in [4.78, 5) is 20.5. The van der Waals surface area contributed by atoms with Crippen molar-refractivity contribution >= 4 is 23.1 Å². The number of nitro groups is 1. The quantitative estimate of drug-likeness (QED) is 0.456. The van der Waals surface area contributed by atoms with Gasteiger partial charge in [0.05, 0.1) is 11.0 Å². The van der Waals surface area contributed by atoms with E-state index >= 15 is 0 Å². The minimum atomic E-state index is -1.11. The molecule has 15 heavy (non-hydrogen) atoms. The molecule has 1 aromatic rings. The first-order valence-corrected chi connectivity index (χ1v) is 4.45. The SMILES string of the molecule is CC(=O)C(Cl)c1ccc([N+](=O)[O-])cc1F. The van der Waals surface area contributed by atoms with Crippen molar-refractivity contribution in [3.05, 3.63) is 39.7 Å². The van der Waals surface area contributed by atoms with E-state index in [0.29, 0.717) is 0 Å². The first kappa shape index (κ1) is 11.6. The summed E-state index contributed by atoms with van der Waals surface area (Å²) in [6.45, 7) is 1.22. The van der Waals surface area contributed by atoms with Gasteiger partial charge < -0.3 is 0 Å². The van der Waals surface area contributed by atoms with Crippen LogP contribution in [0.2, 0.25) is 0 Å². The number of Topliss-reactive ketones (excluding diaryl/α,β-unsaturated/α-hetero) is 1. The number of carbonyl (C=O) groups excluding carboxylic acids is 1. The van der Waals surface area contributed by atoms with Crippen LogP contribution in [0.15, 0.2) is 18.2 Å². The third kappa shape index (κ3) is 2.50. The fourth-order valence-corrected chi connectivity index (χ4v) is 1.23. The maximum atomic E-state index is 13.3. The molecule has 0 aliphatic heterocycles. The molecular formula is C9H7ClFNO3. The molecule has 6 heteroatoms. The van der Waals surface area contributed by atoms with Gasteiger partial charge in [-0.1, -0.05) is 0 Å². The predicted octanol–water partition coefficient (Wildman–Crippen LogP) is 2.60. The molecule has 0 amide bonds. The number of nitrogens with zero attached hydrogens (tertiary/aromatic N) is 1. The number of benzene rings is 1. The highest BCUT2D eigenvalue weighted by Gasteiger charge is 2.19. The topological polar surface area (TPSA) is 60.2 Å². The molecule has 1 atom stereocenters. The second-order valence-electron chi connectivity index (χ2n) is 2.94. The minimum Gasteiger partial charge on any atom is -0.298 e. The van der Waals surface area contributed by atoms with Crippen LogP contribution >= 0.6 is 11.6 Å². The molecule has 0 aromatic heterocycles. The van der Waals surface area contributed by atoms with E-state index in [9.17, 15) is 19.3 Å². The molecule has 0 aliphatic rings. The average molecular weight is 232 g/mol. The van der Waals surface area contributed by atoms with E-state index in [0.717, 1.165) is 18.2 Å². The van der Waals surface area contributed by atoms with Gasteiger partial charge in [-0.25, -0.2) is 4.39 Å². The van der Waals surface area contributed by atoms with Gasteiger partial charge in [-0.2, -0.15) is 0 Å². The number of alkyl halides is 1. The largest absolute Gasteiger partial charge is 0.298 e. The van der Waals surface area contributed by atoms with E-state index in [4.69, 9.17) is 11.6 Å². The van der Waals surface area contributed by atoms with E-state index in [-0.39, 0.29) is 11.3 Å². The van der Waals surface area contributed by atoms with Crippen molar-refractivity contribution in [2.24, 2.45) is 0 Å². The molecule has 0 N–H and O–H groups in total. The smallest absolute Gasteiger partial charge is 0.272 e. The molecule has 0 radical (unpaired) electrons. The van der Waals surface area contributed by atoms with E-state index in [1.54, 1.807) is 0 Å². The Morgan fingerprint density at radius 3 is 2.60 bits per heavy atom. The first-order valence-electron chi connectivity index (χ1n) is 4.02. The number of rotatable bonds is 3. The highest BCUT2D eigenvalue weighted by atomic mass is 35.5. The van der Waals surface area contributed by atoms with Crippen molar-refractivity contribution < 1.29 is 14.1 Å². The van der Waals surface area contributed by atoms with Gasteiger partial charge in [0.1, 0.15) is 11.2 Å². The van der Waals surface area contributed by atoms with Crippen molar-refractivity contribution in [2.75, 3.05) is 0 Å². The molecule has 0 aliphatic carbocycles. The maximum absolute atomic E-state index is 13.3. The summed E-state index contributed by atoms with van der Waals surface area (Å²) >= 11 is 5.62. The lowest BCUT2D eigenvalue weighted by Crippen LogP contribution is -2.04. The number of non-ortho nitro benzene ring substituents is 1. The highest BCUT2D eigenvalue weighted by molar-refractivity contribution is 6.30.